The lowest BCUT2D eigenvalue weighted by atomic mass is 10.4. The fourth-order valence-electron chi connectivity index (χ4n) is 0.608. The highest BCUT2D eigenvalue weighted by Gasteiger charge is 1.99. The van der Waals surface area contributed by atoms with E-state index in [-0.39, 0.29) is 0 Å². The van der Waals surface area contributed by atoms with Crippen molar-refractivity contribution < 1.29 is 0 Å². The molecule has 4 heteroatoms. The summed E-state index contributed by atoms with van der Waals surface area (Å²) in [5.41, 5.74) is 2.25. The number of aryl methyl sites for hydroxylation is 1. The molecule has 0 aliphatic carbocycles. The van der Waals surface area contributed by atoms with Crippen molar-refractivity contribution in [3.8, 4) is 0 Å². The molecule has 0 aliphatic rings. The molecule has 0 aliphatic heterocycles. The van der Waals surface area contributed by atoms with Gasteiger partial charge in [-0.1, -0.05) is 23.9 Å². The molecule has 0 amide bonds. The highest BCUT2D eigenvalue weighted by atomic mass is 32.2. The Morgan fingerprint density at radius 2 is 2.58 bits per heavy atom. The van der Waals surface area contributed by atoms with Crippen LogP contribution in [0.15, 0.2) is 21.9 Å². The van der Waals surface area contributed by atoms with E-state index in [9.17, 15) is 0 Å². The number of nitrogens with zero attached hydrogens (tertiary/aromatic N) is 1. The van der Waals surface area contributed by atoms with Gasteiger partial charge in [-0.25, -0.2) is 4.98 Å². The first-order chi connectivity index (χ1) is 5.72. The molecule has 0 bridgehead atoms. The van der Waals surface area contributed by atoms with Gasteiger partial charge in [0, 0.05) is 22.6 Å². The summed E-state index contributed by atoms with van der Waals surface area (Å²) in [6.45, 7) is 5.88. The fourth-order valence-corrected chi connectivity index (χ4v) is 2.62. The lowest BCUT2D eigenvalue weighted by Crippen LogP contribution is -1.85. The SMILES string of the molecule is C=C(CS)CSc1nc(C)cs1. The Balaban J connectivity index is 2.38. The smallest absolute Gasteiger partial charge is 0.150 e. The average molecular weight is 217 g/mol. The number of hydrogen-bond acceptors (Lipinski definition) is 4. The van der Waals surface area contributed by atoms with Gasteiger partial charge in [-0.3, -0.25) is 0 Å². The van der Waals surface area contributed by atoms with Crippen LogP contribution in [0.4, 0.5) is 0 Å². The lowest BCUT2D eigenvalue weighted by molar-refractivity contribution is 1.16. The summed E-state index contributed by atoms with van der Waals surface area (Å²) in [7, 11) is 0. The zero-order chi connectivity index (χ0) is 8.97. The van der Waals surface area contributed by atoms with Crippen LogP contribution in [0.5, 0.6) is 0 Å². The van der Waals surface area contributed by atoms with Crippen molar-refractivity contribution in [3.05, 3.63) is 23.2 Å². The molecule has 0 unspecified atom stereocenters. The minimum absolute atomic E-state index is 0.761. The number of hydrogen-bond donors (Lipinski definition) is 1. The number of thiol groups is 1. The zero-order valence-electron chi connectivity index (χ0n) is 6.91. The monoisotopic (exact) mass is 217 g/mol. The van der Waals surface area contributed by atoms with E-state index >= 15 is 0 Å². The van der Waals surface area contributed by atoms with E-state index in [1.165, 1.54) is 0 Å². The summed E-state index contributed by atoms with van der Waals surface area (Å²) in [4.78, 5) is 4.33. The van der Waals surface area contributed by atoms with E-state index in [1.807, 2.05) is 6.92 Å². The first-order valence-electron chi connectivity index (χ1n) is 3.55. The summed E-state index contributed by atoms with van der Waals surface area (Å²) in [5, 5.41) is 2.06. The second-order valence-corrected chi connectivity index (χ2v) is 4.85. The minimum Gasteiger partial charge on any atom is -0.235 e. The molecule has 12 heavy (non-hydrogen) atoms. The summed E-state index contributed by atoms with van der Waals surface area (Å²) >= 11 is 7.56. The third kappa shape index (κ3) is 3.21. The van der Waals surface area contributed by atoms with Crippen molar-refractivity contribution in [2.45, 2.75) is 11.3 Å². The summed E-state index contributed by atoms with van der Waals surface area (Å²) < 4.78 is 1.12. The van der Waals surface area contributed by atoms with Crippen LogP contribution in [0.25, 0.3) is 0 Å². The standard InChI is InChI=1S/C8H11NS3/c1-6(3-10)4-11-8-9-7(2)5-12-8/h5,10H,1,3-4H2,2H3. The maximum atomic E-state index is 4.33. The van der Waals surface area contributed by atoms with Crippen LogP contribution in [0.1, 0.15) is 5.69 Å². The molecule has 0 radical (unpaired) electrons. The predicted molar refractivity (Wildman–Crippen MR) is 60.6 cm³/mol. The van der Waals surface area contributed by atoms with Crippen molar-refractivity contribution in [2.24, 2.45) is 0 Å². The van der Waals surface area contributed by atoms with Crippen LogP contribution in [-0.4, -0.2) is 16.5 Å². The number of rotatable bonds is 4. The molecule has 66 valence electrons. The first-order valence-corrected chi connectivity index (χ1v) is 6.04. The van der Waals surface area contributed by atoms with Gasteiger partial charge in [0.25, 0.3) is 0 Å². The number of thioether (sulfide) groups is 1. The van der Waals surface area contributed by atoms with Gasteiger partial charge in [0.15, 0.2) is 0 Å². The number of aromatic nitrogens is 1. The predicted octanol–water partition coefficient (Wildman–Crippen LogP) is 3.03. The zero-order valence-corrected chi connectivity index (χ0v) is 9.44. The Morgan fingerprint density at radius 1 is 1.83 bits per heavy atom. The maximum absolute atomic E-state index is 4.33. The van der Waals surface area contributed by atoms with Crippen molar-refractivity contribution >= 4 is 35.7 Å². The Bertz CT molecular complexity index is 267. The van der Waals surface area contributed by atoms with E-state index < -0.39 is 0 Å². The molecule has 0 fully saturated rings. The molecule has 1 nitrogen and oxygen atoms in total. The Kier molecular flexibility index (Phi) is 4.18. The third-order valence-corrected chi connectivity index (χ3v) is 3.95. The first kappa shape index (κ1) is 10.2. The van der Waals surface area contributed by atoms with Crippen molar-refractivity contribution in [1.82, 2.24) is 4.98 Å². The van der Waals surface area contributed by atoms with Gasteiger partial charge in [-0.05, 0) is 6.92 Å². The van der Waals surface area contributed by atoms with Gasteiger partial charge in [0.05, 0.1) is 0 Å². The van der Waals surface area contributed by atoms with Crippen LogP contribution in [0.2, 0.25) is 0 Å². The summed E-state index contributed by atoms with van der Waals surface area (Å²) in [6.07, 6.45) is 0. The average Bonchev–Trinajstić information content (AvgIpc) is 2.47. The molecule has 0 aromatic carbocycles. The highest BCUT2D eigenvalue weighted by Crippen LogP contribution is 2.23. The maximum Gasteiger partial charge on any atom is 0.150 e. The van der Waals surface area contributed by atoms with E-state index in [1.54, 1.807) is 23.1 Å². The van der Waals surface area contributed by atoms with Gasteiger partial charge >= 0.3 is 0 Å². The quantitative estimate of drug-likeness (QED) is 0.473. The van der Waals surface area contributed by atoms with Crippen LogP contribution in [0, 0.1) is 6.92 Å². The second kappa shape index (κ2) is 4.94. The number of thiazole rings is 1. The van der Waals surface area contributed by atoms with Gasteiger partial charge in [0.2, 0.25) is 0 Å². The molecule has 1 rings (SSSR count). The van der Waals surface area contributed by atoms with Gasteiger partial charge < -0.3 is 0 Å². The molecule has 1 aromatic heterocycles. The Hall–Kier alpha value is 0.0700. The van der Waals surface area contributed by atoms with E-state index in [0.717, 1.165) is 27.1 Å². The molecule has 0 spiro atoms. The highest BCUT2D eigenvalue weighted by molar-refractivity contribution is 8.01. The van der Waals surface area contributed by atoms with E-state index in [0.29, 0.717) is 0 Å². The summed E-state index contributed by atoms with van der Waals surface area (Å²) in [5.74, 6) is 1.69. The fraction of sp³-hybridized carbons (Fsp3) is 0.375. The van der Waals surface area contributed by atoms with Crippen LogP contribution >= 0.6 is 35.7 Å². The molecular formula is C8H11NS3. The Morgan fingerprint density at radius 3 is 3.08 bits per heavy atom. The third-order valence-electron chi connectivity index (χ3n) is 1.22. The van der Waals surface area contributed by atoms with Crippen LogP contribution in [-0.2, 0) is 0 Å². The van der Waals surface area contributed by atoms with Gasteiger partial charge in [-0.2, -0.15) is 12.6 Å². The molecular weight excluding hydrogens is 206 g/mol. The topological polar surface area (TPSA) is 12.9 Å². The second-order valence-electron chi connectivity index (χ2n) is 2.45. The van der Waals surface area contributed by atoms with Crippen LogP contribution < -0.4 is 0 Å². The van der Waals surface area contributed by atoms with Gasteiger partial charge in [0.1, 0.15) is 4.34 Å². The normalized spacial score (nSPS) is 10.2. The lowest BCUT2D eigenvalue weighted by Gasteiger charge is -1.97. The molecule has 0 saturated carbocycles. The van der Waals surface area contributed by atoms with Crippen molar-refractivity contribution in [2.75, 3.05) is 11.5 Å². The summed E-state index contributed by atoms with van der Waals surface area (Å²) in [6, 6.07) is 0. The Labute approximate surface area is 86.7 Å². The van der Waals surface area contributed by atoms with Crippen LogP contribution in [0.3, 0.4) is 0 Å². The van der Waals surface area contributed by atoms with Crippen molar-refractivity contribution in [1.29, 1.82) is 0 Å². The molecule has 0 N–H and O–H groups in total. The largest absolute Gasteiger partial charge is 0.235 e. The van der Waals surface area contributed by atoms with E-state index in [4.69, 9.17) is 0 Å². The minimum atomic E-state index is 0.761. The molecule has 0 atom stereocenters. The van der Waals surface area contributed by atoms with Crippen molar-refractivity contribution in [3.63, 3.8) is 0 Å². The molecule has 0 saturated heterocycles. The molecule has 1 heterocycles. The van der Waals surface area contributed by atoms with E-state index in [2.05, 4.69) is 29.6 Å². The molecule has 1 aromatic rings. The van der Waals surface area contributed by atoms with Gasteiger partial charge in [-0.15, -0.1) is 11.3 Å².